The number of rotatable bonds is 13. The van der Waals surface area contributed by atoms with Gasteiger partial charge in [0.25, 0.3) is 5.91 Å². The summed E-state index contributed by atoms with van der Waals surface area (Å²) in [5.74, 6) is 1.10. The molecule has 29 heavy (non-hydrogen) atoms. The predicted octanol–water partition coefficient (Wildman–Crippen LogP) is 6.08. The van der Waals surface area contributed by atoms with Gasteiger partial charge in [-0.15, -0.1) is 0 Å². The zero-order valence-electron chi connectivity index (χ0n) is 17.2. The van der Waals surface area contributed by atoms with Crippen molar-refractivity contribution in [3.05, 3.63) is 52.5 Å². The average molecular weight is 464 g/mol. The zero-order valence-corrected chi connectivity index (χ0v) is 18.8. The number of nitrogens with one attached hydrogen (secondary N) is 1. The maximum absolute atomic E-state index is 12.7. The molecule has 1 N–H and O–H groups in total. The number of benzene rings is 2. The van der Waals surface area contributed by atoms with Crippen molar-refractivity contribution in [2.45, 2.75) is 39.0 Å². The quantitative estimate of drug-likeness (QED) is 0.365. The highest BCUT2D eigenvalue weighted by Crippen LogP contribution is 2.25. The molecule has 0 unspecified atom stereocenters. The molecule has 0 aliphatic rings. The number of halogens is 1. The van der Waals surface area contributed by atoms with Crippen LogP contribution in [0.2, 0.25) is 0 Å². The Kier molecular flexibility index (Phi) is 10.6. The molecular weight excluding hydrogens is 434 g/mol. The van der Waals surface area contributed by atoms with E-state index in [-0.39, 0.29) is 5.91 Å². The Labute approximate surface area is 181 Å². The van der Waals surface area contributed by atoms with Crippen molar-refractivity contribution >= 4 is 27.5 Å². The minimum atomic E-state index is -0.233. The van der Waals surface area contributed by atoms with Gasteiger partial charge in [-0.05, 0) is 48.9 Å². The molecule has 5 nitrogen and oxygen atoms in total. The van der Waals surface area contributed by atoms with Crippen molar-refractivity contribution in [2.24, 2.45) is 0 Å². The van der Waals surface area contributed by atoms with Crippen LogP contribution in [-0.4, -0.2) is 32.8 Å². The summed E-state index contributed by atoms with van der Waals surface area (Å²) < 4.78 is 17.2. The van der Waals surface area contributed by atoms with E-state index in [1.54, 1.807) is 19.2 Å². The molecule has 2 aromatic rings. The van der Waals surface area contributed by atoms with Gasteiger partial charge in [-0.25, -0.2) is 0 Å². The molecule has 0 aliphatic heterocycles. The molecule has 0 bridgehead atoms. The third kappa shape index (κ3) is 8.46. The summed E-state index contributed by atoms with van der Waals surface area (Å²) in [6.07, 6.45) is 6.05. The number of amides is 1. The number of anilines is 1. The second-order valence-corrected chi connectivity index (χ2v) is 7.64. The Bertz CT molecular complexity index is 749. The lowest BCUT2D eigenvalue weighted by molar-refractivity contribution is 0.101. The summed E-state index contributed by atoms with van der Waals surface area (Å²) in [5.41, 5.74) is 1.16. The lowest BCUT2D eigenvalue weighted by Crippen LogP contribution is -2.15. The number of hydrogen-bond acceptors (Lipinski definition) is 4. The highest BCUT2D eigenvalue weighted by atomic mass is 79.9. The molecule has 6 heteroatoms. The number of ether oxygens (including phenoxy) is 3. The number of carbonyl (C=O) groups is 1. The van der Waals surface area contributed by atoms with Gasteiger partial charge in [0.1, 0.15) is 18.1 Å². The first-order chi connectivity index (χ1) is 14.1. The van der Waals surface area contributed by atoms with Crippen molar-refractivity contribution in [3.8, 4) is 11.5 Å². The Hall–Kier alpha value is -2.05. The van der Waals surface area contributed by atoms with Crippen molar-refractivity contribution in [2.75, 3.05) is 32.2 Å². The van der Waals surface area contributed by atoms with E-state index >= 15 is 0 Å². The fraction of sp³-hybridized carbons (Fsp3) is 0.435. The molecule has 0 aliphatic carbocycles. The minimum Gasteiger partial charge on any atom is -0.494 e. The molecule has 1 amide bonds. The standard InChI is InChI=1S/C23H30BrNO4/c1-3-4-5-6-7-14-28-20-11-9-19(10-12-20)25-23(26)21-17-18(24)8-13-22(21)29-16-15-27-2/h8-13,17H,3-7,14-16H2,1-2H3,(H,25,26). The lowest BCUT2D eigenvalue weighted by atomic mass is 10.1. The van der Waals surface area contributed by atoms with E-state index in [0.29, 0.717) is 30.2 Å². The molecule has 0 radical (unpaired) electrons. The van der Waals surface area contributed by atoms with Crippen LogP contribution in [0.3, 0.4) is 0 Å². The van der Waals surface area contributed by atoms with Gasteiger partial charge in [0.15, 0.2) is 0 Å². The zero-order chi connectivity index (χ0) is 20.9. The first kappa shape index (κ1) is 23.2. The average Bonchev–Trinajstić information content (AvgIpc) is 2.73. The first-order valence-corrected chi connectivity index (χ1v) is 10.9. The lowest BCUT2D eigenvalue weighted by Gasteiger charge is -2.12. The maximum atomic E-state index is 12.7. The molecule has 2 aromatic carbocycles. The van der Waals surface area contributed by atoms with Crippen LogP contribution in [0.4, 0.5) is 5.69 Å². The Balaban J connectivity index is 1.89. The van der Waals surface area contributed by atoms with E-state index in [2.05, 4.69) is 28.2 Å². The van der Waals surface area contributed by atoms with Gasteiger partial charge in [-0.1, -0.05) is 48.5 Å². The van der Waals surface area contributed by atoms with E-state index < -0.39 is 0 Å². The SMILES string of the molecule is CCCCCCCOc1ccc(NC(=O)c2cc(Br)ccc2OCCOC)cc1. The Morgan fingerprint density at radius 3 is 2.41 bits per heavy atom. The monoisotopic (exact) mass is 463 g/mol. The minimum absolute atomic E-state index is 0.233. The molecule has 2 rings (SSSR count). The molecule has 0 spiro atoms. The van der Waals surface area contributed by atoms with E-state index in [1.807, 2.05) is 30.3 Å². The molecule has 0 saturated heterocycles. The van der Waals surface area contributed by atoms with Crippen LogP contribution in [-0.2, 0) is 4.74 Å². The van der Waals surface area contributed by atoms with Gasteiger partial charge in [-0.2, -0.15) is 0 Å². The number of methoxy groups -OCH3 is 1. The fourth-order valence-electron chi connectivity index (χ4n) is 2.77. The summed E-state index contributed by atoms with van der Waals surface area (Å²) in [7, 11) is 1.61. The van der Waals surface area contributed by atoms with Crippen LogP contribution in [0, 0.1) is 0 Å². The topological polar surface area (TPSA) is 56.8 Å². The van der Waals surface area contributed by atoms with Gasteiger partial charge < -0.3 is 19.5 Å². The van der Waals surface area contributed by atoms with Crippen LogP contribution in [0.15, 0.2) is 46.9 Å². The summed E-state index contributed by atoms with van der Waals surface area (Å²) in [4.78, 5) is 12.7. The van der Waals surface area contributed by atoms with Crippen LogP contribution in [0.5, 0.6) is 11.5 Å². The van der Waals surface area contributed by atoms with Crippen LogP contribution < -0.4 is 14.8 Å². The Morgan fingerprint density at radius 1 is 0.931 bits per heavy atom. The molecule has 0 atom stereocenters. The smallest absolute Gasteiger partial charge is 0.259 e. The normalized spacial score (nSPS) is 10.6. The highest BCUT2D eigenvalue weighted by molar-refractivity contribution is 9.10. The second-order valence-electron chi connectivity index (χ2n) is 6.72. The van der Waals surface area contributed by atoms with E-state index in [4.69, 9.17) is 14.2 Å². The molecule has 0 aromatic heterocycles. The van der Waals surface area contributed by atoms with Gasteiger partial charge in [0.05, 0.1) is 18.8 Å². The predicted molar refractivity (Wildman–Crippen MR) is 120 cm³/mol. The summed E-state index contributed by atoms with van der Waals surface area (Å²) in [5, 5.41) is 2.91. The molecule has 0 saturated carbocycles. The van der Waals surface area contributed by atoms with Crippen molar-refractivity contribution in [1.82, 2.24) is 0 Å². The third-order valence-electron chi connectivity index (χ3n) is 4.36. The highest BCUT2D eigenvalue weighted by Gasteiger charge is 2.14. The van der Waals surface area contributed by atoms with Gasteiger partial charge in [-0.3, -0.25) is 4.79 Å². The van der Waals surface area contributed by atoms with Crippen molar-refractivity contribution in [3.63, 3.8) is 0 Å². The second kappa shape index (κ2) is 13.2. The summed E-state index contributed by atoms with van der Waals surface area (Å²) >= 11 is 3.41. The molecular formula is C23H30BrNO4. The fourth-order valence-corrected chi connectivity index (χ4v) is 3.13. The van der Waals surface area contributed by atoms with Crippen LogP contribution in [0.25, 0.3) is 0 Å². The van der Waals surface area contributed by atoms with E-state index in [9.17, 15) is 4.79 Å². The van der Waals surface area contributed by atoms with Crippen LogP contribution in [0.1, 0.15) is 49.4 Å². The third-order valence-corrected chi connectivity index (χ3v) is 4.85. The largest absolute Gasteiger partial charge is 0.494 e. The Morgan fingerprint density at radius 2 is 1.69 bits per heavy atom. The number of hydrogen-bond donors (Lipinski definition) is 1. The molecule has 0 fully saturated rings. The first-order valence-electron chi connectivity index (χ1n) is 10.1. The number of unbranched alkanes of at least 4 members (excludes halogenated alkanes) is 4. The van der Waals surface area contributed by atoms with Crippen molar-refractivity contribution < 1.29 is 19.0 Å². The van der Waals surface area contributed by atoms with Crippen LogP contribution >= 0.6 is 15.9 Å². The van der Waals surface area contributed by atoms with Crippen molar-refractivity contribution in [1.29, 1.82) is 0 Å². The van der Waals surface area contributed by atoms with E-state index in [1.165, 1.54) is 25.7 Å². The number of carbonyl (C=O) groups excluding carboxylic acids is 1. The molecule has 158 valence electrons. The van der Waals surface area contributed by atoms with Gasteiger partial charge in [0, 0.05) is 17.3 Å². The van der Waals surface area contributed by atoms with Gasteiger partial charge in [0.2, 0.25) is 0 Å². The van der Waals surface area contributed by atoms with Gasteiger partial charge >= 0.3 is 0 Å². The summed E-state index contributed by atoms with van der Waals surface area (Å²) in [6.45, 7) is 3.76. The molecule has 0 heterocycles. The maximum Gasteiger partial charge on any atom is 0.259 e. The van der Waals surface area contributed by atoms with E-state index in [0.717, 1.165) is 23.2 Å². The summed E-state index contributed by atoms with van der Waals surface area (Å²) in [6, 6.07) is 12.8.